The zero-order chi connectivity index (χ0) is 18.7. The van der Waals surface area contributed by atoms with Crippen molar-refractivity contribution in [2.75, 3.05) is 19.7 Å². The van der Waals surface area contributed by atoms with E-state index >= 15 is 0 Å². The monoisotopic (exact) mass is 389 g/mol. The van der Waals surface area contributed by atoms with E-state index in [-0.39, 0.29) is 11.7 Å². The third-order valence-electron chi connectivity index (χ3n) is 5.29. The second-order valence-corrected chi connectivity index (χ2v) is 8.96. The lowest BCUT2D eigenvalue weighted by atomic mass is 9.84. The highest BCUT2D eigenvalue weighted by Gasteiger charge is 2.43. The van der Waals surface area contributed by atoms with Crippen LogP contribution >= 0.6 is 0 Å². The minimum Gasteiger partial charge on any atom is -0.473 e. The van der Waals surface area contributed by atoms with Crippen LogP contribution in [-0.4, -0.2) is 54.1 Å². The van der Waals surface area contributed by atoms with E-state index in [9.17, 15) is 8.42 Å². The van der Waals surface area contributed by atoms with Gasteiger partial charge in [-0.05, 0) is 25.0 Å². The van der Waals surface area contributed by atoms with E-state index < -0.39 is 10.0 Å². The number of ether oxygens (including phenoxy) is 2. The zero-order valence-electron chi connectivity index (χ0n) is 15.0. The van der Waals surface area contributed by atoms with Crippen molar-refractivity contribution in [2.45, 2.75) is 42.3 Å². The van der Waals surface area contributed by atoms with E-state index in [0.29, 0.717) is 43.3 Å². The molecule has 2 saturated heterocycles. The predicted octanol–water partition coefficient (Wildman–Crippen LogP) is 2.26. The van der Waals surface area contributed by atoms with E-state index in [1.54, 1.807) is 47.2 Å². The summed E-state index contributed by atoms with van der Waals surface area (Å²) in [7, 11) is -3.45. The third kappa shape index (κ3) is 3.97. The van der Waals surface area contributed by atoms with Crippen molar-refractivity contribution < 1.29 is 17.9 Å². The summed E-state index contributed by atoms with van der Waals surface area (Å²) in [5.41, 5.74) is -0.326. The lowest BCUT2D eigenvalue weighted by molar-refractivity contribution is -0.133. The van der Waals surface area contributed by atoms with Crippen LogP contribution < -0.4 is 4.74 Å². The molecule has 1 spiro atoms. The Morgan fingerprint density at radius 1 is 1.15 bits per heavy atom. The predicted molar refractivity (Wildman–Crippen MR) is 98.8 cm³/mol. The Morgan fingerprint density at radius 2 is 1.93 bits per heavy atom. The fourth-order valence-electron chi connectivity index (χ4n) is 3.82. The van der Waals surface area contributed by atoms with Gasteiger partial charge in [0.25, 0.3) is 0 Å². The molecule has 2 fully saturated rings. The lowest BCUT2D eigenvalue weighted by Gasteiger charge is -2.45. The van der Waals surface area contributed by atoms with Crippen molar-refractivity contribution in [1.29, 1.82) is 0 Å². The van der Waals surface area contributed by atoms with Gasteiger partial charge in [-0.25, -0.2) is 13.4 Å². The fraction of sp³-hybridized carbons (Fsp3) is 0.474. The maximum absolute atomic E-state index is 12.8. The van der Waals surface area contributed by atoms with Gasteiger partial charge in [-0.3, -0.25) is 4.98 Å². The number of nitrogens with zero attached hydrogens (tertiary/aromatic N) is 3. The van der Waals surface area contributed by atoms with Crippen LogP contribution in [-0.2, 0) is 14.8 Å². The molecule has 7 nitrogen and oxygen atoms in total. The normalized spacial score (nSPS) is 23.2. The van der Waals surface area contributed by atoms with Crippen molar-refractivity contribution in [3.05, 3.63) is 48.9 Å². The summed E-state index contributed by atoms with van der Waals surface area (Å²) >= 11 is 0. The number of benzene rings is 1. The van der Waals surface area contributed by atoms with Gasteiger partial charge in [-0.1, -0.05) is 18.2 Å². The van der Waals surface area contributed by atoms with Crippen molar-refractivity contribution in [3.63, 3.8) is 0 Å². The molecule has 3 heterocycles. The SMILES string of the molecule is O=S(=O)(c1ccccc1)N1CCC2(CC1)CC(Oc1cnccn1)CCO2. The maximum atomic E-state index is 12.8. The summed E-state index contributed by atoms with van der Waals surface area (Å²) in [5, 5.41) is 0. The summed E-state index contributed by atoms with van der Waals surface area (Å²) in [5.74, 6) is 0.517. The minimum absolute atomic E-state index is 0.00716. The first-order valence-electron chi connectivity index (χ1n) is 9.19. The largest absolute Gasteiger partial charge is 0.473 e. The van der Waals surface area contributed by atoms with Crippen LogP contribution in [0.5, 0.6) is 5.88 Å². The Bertz CT molecular complexity index is 853. The molecule has 1 aromatic heterocycles. The molecule has 0 bridgehead atoms. The van der Waals surface area contributed by atoms with Crippen LogP contribution in [0, 0.1) is 0 Å². The molecule has 8 heteroatoms. The molecule has 144 valence electrons. The first-order valence-corrected chi connectivity index (χ1v) is 10.6. The molecule has 2 aromatic rings. The number of sulfonamides is 1. The van der Waals surface area contributed by atoms with Gasteiger partial charge in [-0.2, -0.15) is 4.31 Å². The summed E-state index contributed by atoms with van der Waals surface area (Å²) < 4.78 is 39.2. The zero-order valence-corrected chi connectivity index (χ0v) is 15.8. The highest BCUT2D eigenvalue weighted by molar-refractivity contribution is 7.89. The quantitative estimate of drug-likeness (QED) is 0.798. The van der Waals surface area contributed by atoms with E-state index in [1.807, 2.05) is 6.07 Å². The van der Waals surface area contributed by atoms with Crippen LogP contribution in [0.25, 0.3) is 0 Å². The lowest BCUT2D eigenvalue weighted by Crippen LogP contribution is -2.52. The highest BCUT2D eigenvalue weighted by Crippen LogP contribution is 2.37. The fourth-order valence-corrected chi connectivity index (χ4v) is 5.29. The van der Waals surface area contributed by atoms with Crippen molar-refractivity contribution >= 4 is 10.0 Å². The van der Waals surface area contributed by atoms with Gasteiger partial charge in [0.05, 0.1) is 23.3 Å². The van der Waals surface area contributed by atoms with Crippen LogP contribution in [0.2, 0.25) is 0 Å². The smallest absolute Gasteiger partial charge is 0.243 e. The van der Waals surface area contributed by atoms with Gasteiger partial charge in [-0.15, -0.1) is 0 Å². The molecular weight excluding hydrogens is 366 g/mol. The molecule has 2 aliphatic heterocycles. The molecule has 4 rings (SSSR count). The molecule has 0 aliphatic carbocycles. The van der Waals surface area contributed by atoms with Crippen molar-refractivity contribution in [2.24, 2.45) is 0 Å². The number of piperidine rings is 1. The molecule has 1 aromatic carbocycles. The number of hydrogen-bond donors (Lipinski definition) is 0. The van der Waals surface area contributed by atoms with Gasteiger partial charge in [0.2, 0.25) is 15.9 Å². The maximum Gasteiger partial charge on any atom is 0.243 e. The van der Waals surface area contributed by atoms with Crippen LogP contribution in [0.15, 0.2) is 53.8 Å². The van der Waals surface area contributed by atoms with Crippen LogP contribution in [0.3, 0.4) is 0 Å². The molecule has 1 unspecified atom stereocenters. The Morgan fingerprint density at radius 3 is 2.63 bits per heavy atom. The van der Waals surface area contributed by atoms with Crippen molar-refractivity contribution in [1.82, 2.24) is 14.3 Å². The Labute approximate surface area is 159 Å². The molecule has 0 amide bonds. The van der Waals surface area contributed by atoms with Gasteiger partial charge >= 0.3 is 0 Å². The average Bonchev–Trinajstić information content (AvgIpc) is 2.70. The molecule has 0 saturated carbocycles. The first kappa shape index (κ1) is 18.3. The Hall–Kier alpha value is -2.03. The summed E-state index contributed by atoms with van der Waals surface area (Å²) in [6.45, 7) is 1.51. The van der Waals surface area contributed by atoms with E-state index in [0.717, 1.165) is 12.8 Å². The number of hydrogen-bond acceptors (Lipinski definition) is 6. The molecule has 0 N–H and O–H groups in total. The van der Waals surface area contributed by atoms with E-state index in [2.05, 4.69) is 9.97 Å². The van der Waals surface area contributed by atoms with Crippen LogP contribution in [0.4, 0.5) is 0 Å². The standard InChI is InChI=1S/C19H23N3O4S/c23-27(24,17-4-2-1-3-5-17)22-11-7-19(8-12-22)14-16(6-13-25-19)26-18-15-20-9-10-21-18/h1-5,9-10,15-16H,6-8,11-14H2. The molecule has 1 atom stereocenters. The molecule has 27 heavy (non-hydrogen) atoms. The molecule has 2 aliphatic rings. The number of aromatic nitrogens is 2. The van der Waals surface area contributed by atoms with E-state index in [4.69, 9.17) is 9.47 Å². The highest BCUT2D eigenvalue weighted by atomic mass is 32.2. The minimum atomic E-state index is -3.45. The van der Waals surface area contributed by atoms with Gasteiger partial charge < -0.3 is 9.47 Å². The molecular formula is C19H23N3O4S. The third-order valence-corrected chi connectivity index (χ3v) is 7.20. The first-order chi connectivity index (χ1) is 13.1. The second-order valence-electron chi connectivity index (χ2n) is 7.02. The van der Waals surface area contributed by atoms with Gasteiger partial charge in [0.15, 0.2) is 0 Å². The molecule has 0 radical (unpaired) electrons. The Balaban J connectivity index is 1.40. The summed E-state index contributed by atoms with van der Waals surface area (Å²) in [6, 6.07) is 8.59. The van der Waals surface area contributed by atoms with Crippen LogP contribution in [0.1, 0.15) is 25.7 Å². The summed E-state index contributed by atoms with van der Waals surface area (Å²) in [4.78, 5) is 8.54. The summed E-state index contributed by atoms with van der Waals surface area (Å²) in [6.07, 6.45) is 7.70. The van der Waals surface area contributed by atoms with Gasteiger partial charge in [0.1, 0.15) is 6.10 Å². The Kier molecular flexibility index (Phi) is 5.12. The number of rotatable bonds is 4. The average molecular weight is 389 g/mol. The van der Waals surface area contributed by atoms with Crippen molar-refractivity contribution in [3.8, 4) is 5.88 Å². The topological polar surface area (TPSA) is 81.6 Å². The van der Waals surface area contributed by atoms with E-state index in [1.165, 1.54) is 0 Å². The van der Waals surface area contributed by atoms with Gasteiger partial charge in [0, 0.05) is 38.3 Å². The second kappa shape index (κ2) is 7.53.